The fourth-order valence-electron chi connectivity index (χ4n) is 3.74. The Bertz CT molecular complexity index is 631. The molecule has 2 aliphatic rings. The molecule has 2 heterocycles. The molecular weight excluding hydrogens is 330 g/mol. The van der Waals surface area contributed by atoms with Crippen LogP contribution in [0.4, 0.5) is 0 Å². The Labute approximate surface area is 154 Å². The van der Waals surface area contributed by atoms with E-state index in [9.17, 15) is 14.4 Å². The average molecular weight is 357 g/mol. The van der Waals surface area contributed by atoms with Gasteiger partial charge in [0.2, 0.25) is 17.7 Å². The second-order valence-electron chi connectivity index (χ2n) is 7.22. The third-order valence-electron chi connectivity index (χ3n) is 5.16. The Hall–Kier alpha value is -2.21. The lowest BCUT2D eigenvalue weighted by Gasteiger charge is -2.32. The predicted molar refractivity (Wildman–Crippen MR) is 98.0 cm³/mol. The lowest BCUT2D eigenvalue weighted by Crippen LogP contribution is -2.41. The summed E-state index contributed by atoms with van der Waals surface area (Å²) in [7, 11) is 0. The molecule has 1 N–H and O–H groups in total. The number of benzene rings is 1. The van der Waals surface area contributed by atoms with Crippen molar-refractivity contribution in [3.63, 3.8) is 0 Å². The molecule has 0 radical (unpaired) electrons. The molecule has 2 aliphatic heterocycles. The van der Waals surface area contributed by atoms with Gasteiger partial charge < -0.3 is 5.32 Å². The molecule has 0 aromatic heterocycles. The van der Waals surface area contributed by atoms with Crippen molar-refractivity contribution in [2.45, 2.75) is 38.6 Å². The fraction of sp³-hybridized carbons (Fsp3) is 0.550. The molecule has 6 heteroatoms. The summed E-state index contributed by atoms with van der Waals surface area (Å²) in [4.78, 5) is 38.8. The average Bonchev–Trinajstić information content (AvgIpc) is 2.97. The van der Waals surface area contributed by atoms with Gasteiger partial charge in [0.1, 0.15) is 0 Å². The lowest BCUT2D eigenvalue weighted by atomic mass is 9.97. The van der Waals surface area contributed by atoms with Crippen molar-refractivity contribution in [3.8, 4) is 0 Å². The number of nitrogens with zero attached hydrogens (tertiary/aromatic N) is 2. The van der Waals surface area contributed by atoms with Crippen LogP contribution in [0.15, 0.2) is 30.3 Å². The van der Waals surface area contributed by atoms with E-state index in [0.29, 0.717) is 12.5 Å². The summed E-state index contributed by atoms with van der Waals surface area (Å²) in [5, 5.41) is 2.98. The minimum atomic E-state index is -0.161. The van der Waals surface area contributed by atoms with Crippen LogP contribution in [0, 0.1) is 5.92 Å². The number of nitrogens with one attached hydrogen (secondary N) is 1. The minimum absolute atomic E-state index is 0.0855. The molecule has 140 valence electrons. The van der Waals surface area contributed by atoms with Gasteiger partial charge in [-0.05, 0) is 30.9 Å². The number of hydrogen-bond donors (Lipinski definition) is 1. The van der Waals surface area contributed by atoms with Crippen molar-refractivity contribution in [1.29, 1.82) is 0 Å². The molecule has 26 heavy (non-hydrogen) atoms. The molecular formula is C20H27N3O3. The van der Waals surface area contributed by atoms with Crippen LogP contribution < -0.4 is 5.32 Å². The highest BCUT2D eigenvalue weighted by Gasteiger charge is 2.29. The van der Waals surface area contributed by atoms with E-state index in [1.165, 1.54) is 10.5 Å². The molecule has 1 aromatic rings. The van der Waals surface area contributed by atoms with Crippen molar-refractivity contribution in [2.24, 2.45) is 5.92 Å². The molecule has 1 atom stereocenters. The van der Waals surface area contributed by atoms with Crippen LogP contribution in [0.3, 0.4) is 0 Å². The number of piperidine rings is 1. The van der Waals surface area contributed by atoms with Gasteiger partial charge in [0.15, 0.2) is 0 Å². The molecule has 1 aromatic carbocycles. The first kappa shape index (κ1) is 18.6. The van der Waals surface area contributed by atoms with E-state index in [1.54, 1.807) is 0 Å². The molecule has 2 saturated heterocycles. The number of carbonyl (C=O) groups excluding carboxylic acids is 3. The van der Waals surface area contributed by atoms with Gasteiger partial charge in [-0.3, -0.25) is 24.2 Å². The number of hydrogen-bond acceptors (Lipinski definition) is 4. The zero-order chi connectivity index (χ0) is 18.4. The SMILES string of the molecule is O=C(CCN1C(=O)CCC1=O)NCC1CCCN(Cc2ccccc2)C1. The van der Waals surface area contributed by atoms with E-state index in [0.717, 1.165) is 32.5 Å². The monoisotopic (exact) mass is 357 g/mol. The van der Waals surface area contributed by atoms with Gasteiger partial charge in [0.05, 0.1) is 0 Å². The molecule has 0 aliphatic carbocycles. The summed E-state index contributed by atoms with van der Waals surface area (Å²) < 4.78 is 0. The van der Waals surface area contributed by atoms with Crippen LogP contribution >= 0.6 is 0 Å². The van der Waals surface area contributed by atoms with Gasteiger partial charge >= 0.3 is 0 Å². The quantitative estimate of drug-likeness (QED) is 0.752. The van der Waals surface area contributed by atoms with Gasteiger partial charge in [-0.15, -0.1) is 0 Å². The van der Waals surface area contributed by atoms with Crippen LogP contribution in [0.25, 0.3) is 0 Å². The summed E-state index contributed by atoms with van der Waals surface area (Å²) >= 11 is 0. The van der Waals surface area contributed by atoms with E-state index >= 15 is 0 Å². The Balaban J connectivity index is 1.37. The molecule has 6 nitrogen and oxygen atoms in total. The van der Waals surface area contributed by atoms with Gasteiger partial charge in [-0.2, -0.15) is 0 Å². The maximum absolute atomic E-state index is 12.1. The second-order valence-corrected chi connectivity index (χ2v) is 7.22. The number of carbonyl (C=O) groups is 3. The number of rotatable bonds is 7. The Kier molecular flexibility index (Phi) is 6.39. The molecule has 1 unspecified atom stereocenters. The molecule has 2 fully saturated rings. The Morgan fingerprint density at radius 2 is 1.85 bits per heavy atom. The van der Waals surface area contributed by atoms with Crippen molar-refractivity contribution in [2.75, 3.05) is 26.2 Å². The first-order chi connectivity index (χ1) is 12.6. The molecule has 3 amide bonds. The summed E-state index contributed by atoms with van der Waals surface area (Å²) in [6.45, 7) is 3.89. The standard InChI is InChI=1S/C20H27N3O3/c24-18(10-12-23-19(25)8-9-20(23)26)21-13-17-7-4-11-22(15-17)14-16-5-2-1-3-6-16/h1-3,5-6,17H,4,7-15H2,(H,21,24). The maximum Gasteiger partial charge on any atom is 0.229 e. The number of likely N-dealkylation sites (tertiary alicyclic amines) is 2. The zero-order valence-electron chi connectivity index (χ0n) is 15.2. The summed E-state index contributed by atoms with van der Waals surface area (Å²) in [6.07, 6.45) is 3.01. The van der Waals surface area contributed by atoms with Gasteiger partial charge in [0.25, 0.3) is 0 Å². The first-order valence-electron chi connectivity index (χ1n) is 9.48. The molecule has 3 rings (SSSR count). The number of imide groups is 1. The van der Waals surface area contributed by atoms with Gasteiger partial charge in [-0.1, -0.05) is 30.3 Å². The van der Waals surface area contributed by atoms with Crippen LogP contribution in [-0.2, 0) is 20.9 Å². The summed E-state index contributed by atoms with van der Waals surface area (Å²) in [5.41, 5.74) is 1.32. The van der Waals surface area contributed by atoms with Crippen molar-refractivity contribution < 1.29 is 14.4 Å². The van der Waals surface area contributed by atoms with Crippen LogP contribution in [0.5, 0.6) is 0 Å². The van der Waals surface area contributed by atoms with E-state index < -0.39 is 0 Å². The van der Waals surface area contributed by atoms with Crippen LogP contribution in [0.1, 0.15) is 37.7 Å². The first-order valence-corrected chi connectivity index (χ1v) is 9.48. The molecule has 0 spiro atoms. The Morgan fingerprint density at radius 3 is 2.58 bits per heavy atom. The highest BCUT2D eigenvalue weighted by molar-refractivity contribution is 6.02. The largest absolute Gasteiger partial charge is 0.356 e. The smallest absolute Gasteiger partial charge is 0.229 e. The molecule has 0 bridgehead atoms. The fourth-order valence-corrected chi connectivity index (χ4v) is 3.74. The highest BCUT2D eigenvalue weighted by Crippen LogP contribution is 2.18. The van der Waals surface area contributed by atoms with E-state index in [2.05, 4.69) is 34.5 Å². The maximum atomic E-state index is 12.1. The summed E-state index contributed by atoms with van der Waals surface area (Å²) in [5.74, 6) is 0.0439. The van der Waals surface area contributed by atoms with E-state index in [1.807, 2.05) is 6.07 Å². The lowest BCUT2D eigenvalue weighted by molar-refractivity contribution is -0.138. The van der Waals surface area contributed by atoms with Gasteiger partial charge in [-0.25, -0.2) is 0 Å². The third kappa shape index (κ3) is 5.14. The van der Waals surface area contributed by atoms with Crippen molar-refractivity contribution in [3.05, 3.63) is 35.9 Å². The summed E-state index contributed by atoms with van der Waals surface area (Å²) in [6, 6.07) is 10.4. The zero-order valence-corrected chi connectivity index (χ0v) is 15.2. The van der Waals surface area contributed by atoms with Crippen LogP contribution in [-0.4, -0.2) is 53.7 Å². The van der Waals surface area contributed by atoms with Gasteiger partial charge in [0, 0.05) is 45.4 Å². The van der Waals surface area contributed by atoms with E-state index in [-0.39, 0.29) is 43.5 Å². The second kappa shape index (κ2) is 8.94. The molecule has 0 saturated carbocycles. The topological polar surface area (TPSA) is 69.7 Å². The predicted octanol–water partition coefficient (Wildman–Crippen LogP) is 1.55. The minimum Gasteiger partial charge on any atom is -0.356 e. The van der Waals surface area contributed by atoms with Crippen molar-refractivity contribution >= 4 is 17.7 Å². The normalized spacial score (nSPS) is 21.2. The highest BCUT2D eigenvalue weighted by atomic mass is 16.2. The van der Waals surface area contributed by atoms with Crippen molar-refractivity contribution in [1.82, 2.24) is 15.1 Å². The number of amides is 3. The third-order valence-corrected chi connectivity index (χ3v) is 5.16. The Morgan fingerprint density at radius 1 is 1.12 bits per heavy atom. The van der Waals surface area contributed by atoms with E-state index in [4.69, 9.17) is 0 Å². The van der Waals surface area contributed by atoms with Crippen LogP contribution in [0.2, 0.25) is 0 Å².